The number of aromatic nitrogens is 2. The van der Waals surface area contributed by atoms with Crippen molar-refractivity contribution in [3.8, 4) is 0 Å². The Kier molecular flexibility index (Phi) is 3.99. The van der Waals surface area contributed by atoms with Gasteiger partial charge in [0.2, 0.25) is 0 Å². The molecule has 2 heterocycles. The molecule has 3 nitrogen and oxygen atoms in total. The standard InChI is InChI=1S/C10H16N2OS2/c1-12-6-8(5-11-12)4-9(13)10-7-14-2-3-15-10/h5-6,9-10,13H,2-4,7H2,1H3. The lowest BCUT2D eigenvalue weighted by molar-refractivity contribution is 0.177. The Bertz CT molecular complexity index is 310. The Labute approximate surface area is 98.6 Å². The maximum absolute atomic E-state index is 10.1. The number of nitrogens with zero attached hydrogens (tertiary/aromatic N) is 2. The molecule has 1 fully saturated rings. The van der Waals surface area contributed by atoms with E-state index in [-0.39, 0.29) is 6.10 Å². The quantitative estimate of drug-likeness (QED) is 0.866. The van der Waals surface area contributed by atoms with Gasteiger partial charge in [-0.25, -0.2) is 0 Å². The van der Waals surface area contributed by atoms with E-state index in [0.717, 1.165) is 17.7 Å². The number of aliphatic hydroxyl groups is 1. The molecule has 1 N–H and O–H groups in total. The molecule has 0 amide bonds. The van der Waals surface area contributed by atoms with Crippen molar-refractivity contribution in [2.45, 2.75) is 17.8 Å². The number of hydrogen-bond donors (Lipinski definition) is 1. The van der Waals surface area contributed by atoms with Gasteiger partial charge in [0, 0.05) is 42.2 Å². The highest BCUT2D eigenvalue weighted by molar-refractivity contribution is 8.06. The summed E-state index contributed by atoms with van der Waals surface area (Å²) in [6, 6.07) is 0. The van der Waals surface area contributed by atoms with Crippen LogP contribution in [0.1, 0.15) is 5.56 Å². The predicted octanol–water partition coefficient (Wildman–Crippen LogP) is 1.17. The van der Waals surface area contributed by atoms with Crippen molar-refractivity contribution in [1.29, 1.82) is 0 Å². The van der Waals surface area contributed by atoms with E-state index in [9.17, 15) is 5.11 Å². The first-order chi connectivity index (χ1) is 7.25. The van der Waals surface area contributed by atoms with Crippen LogP contribution >= 0.6 is 23.5 Å². The molecule has 0 saturated carbocycles. The first-order valence-corrected chi connectivity index (χ1v) is 7.31. The fourth-order valence-corrected chi connectivity index (χ4v) is 4.45. The molecular weight excluding hydrogens is 228 g/mol. The summed E-state index contributed by atoms with van der Waals surface area (Å²) < 4.78 is 1.78. The predicted molar refractivity (Wildman–Crippen MR) is 66.5 cm³/mol. The topological polar surface area (TPSA) is 38.0 Å². The summed E-state index contributed by atoms with van der Waals surface area (Å²) in [5, 5.41) is 14.6. The van der Waals surface area contributed by atoms with Gasteiger partial charge in [0.25, 0.3) is 0 Å². The van der Waals surface area contributed by atoms with Crippen molar-refractivity contribution in [2.75, 3.05) is 17.3 Å². The van der Waals surface area contributed by atoms with E-state index in [1.165, 1.54) is 11.5 Å². The number of thioether (sulfide) groups is 2. The molecule has 1 aromatic heterocycles. The van der Waals surface area contributed by atoms with Crippen LogP contribution in [0.15, 0.2) is 12.4 Å². The Morgan fingerprint density at radius 2 is 2.53 bits per heavy atom. The summed E-state index contributed by atoms with van der Waals surface area (Å²) in [7, 11) is 1.90. The van der Waals surface area contributed by atoms with Crippen LogP contribution in [-0.2, 0) is 13.5 Å². The minimum atomic E-state index is -0.230. The molecule has 84 valence electrons. The maximum Gasteiger partial charge on any atom is 0.0708 e. The molecule has 0 aromatic carbocycles. The largest absolute Gasteiger partial charge is 0.392 e. The van der Waals surface area contributed by atoms with Gasteiger partial charge in [0.15, 0.2) is 0 Å². The molecule has 1 saturated heterocycles. The molecule has 2 atom stereocenters. The number of hydrogen-bond acceptors (Lipinski definition) is 4. The lowest BCUT2D eigenvalue weighted by Gasteiger charge is -2.25. The van der Waals surface area contributed by atoms with Gasteiger partial charge in [-0.05, 0) is 5.56 Å². The molecule has 0 radical (unpaired) electrons. The first-order valence-electron chi connectivity index (χ1n) is 5.10. The zero-order chi connectivity index (χ0) is 10.7. The van der Waals surface area contributed by atoms with Gasteiger partial charge in [-0.15, -0.1) is 0 Å². The van der Waals surface area contributed by atoms with Crippen LogP contribution in [-0.4, -0.2) is 43.5 Å². The van der Waals surface area contributed by atoms with Gasteiger partial charge < -0.3 is 5.11 Å². The highest BCUT2D eigenvalue weighted by Crippen LogP contribution is 2.27. The molecule has 1 aromatic rings. The fraction of sp³-hybridized carbons (Fsp3) is 0.700. The van der Waals surface area contributed by atoms with Gasteiger partial charge >= 0.3 is 0 Å². The van der Waals surface area contributed by atoms with Crippen LogP contribution in [0.25, 0.3) is 0 Å². The van der Waals surface area contributed by atoms with E-state index < -0.39 is 0 Å². The van der Waals surface area contributed by atoms with Gasteiger partial charge in [-0.2, -0.15) is 28.6 Å². The third-order valence-electron chi connectivity index (χ3n) is 2.47. The van der Waals surface area contributed by atoms with Crippen LogP contribution < -0.4 is 0 Å². The first kappa shape index (κ1) is 11.4. The monoisotopic (exact) mass is 244 g/mol. The van der Waals surface area contributed by atoms with Crippen molar-refractivity contribution < 1.29 is 5.11 Å². The second kappa shape index (κ2) is 5.27. The Hall–Kier alpha value is -0.130. The molecule has 2 rings (SSSR count). The summed E-state index contributed by atoms with van der Waals surface area (Å²) in [5.74, 6) is 3.46. The van der Waals surface area contributed by atoms with Crippen molar-refractivity contribution in [2.24, 2.45) is 7.05 Å². The van der Waals surface area contributed by atoms with Gasteiger partial charge in [-0.3, -0.25) is 4.68 Å². The van der Waals surface area contributed by atoms with Crippen LogP contribution in [0.3, 0.4) is 0 Å². The zero-order valence-electron chi connectivity index (χ0n) is 8.80. The molecule has 1 aliphatic heterocycles. The van der Waals surface area contributed by atoms with Crippen molar-refractivity contribution in [1.82, 2.24) is 9.78 Å². The van der Waals surface area contributed by atoms with Crippen molar-refractivity contribution in [3.05, 3.63) is 18.0 Å². The second-order valence-electron chi connectivity index (χ2n) is 3.78. The van der Waals surface area contributed by atoms with Gasteiger partial charge in [0.1, 0.15) is 0 Å². The molecular formula is C10H16N2OS2. The number of rotatable bonds is 3. The van der Waals surface area contributed by atoms with Gasteiger partial charge in [0.05, 0.1) is 12.3 Å². The summed E-state index contributed by atoms with van der Waals surface area (Å²) in [4.78, 5) is 0. The molecule has 0 aliphatic carbocycles. The molecule has 5 heteroatoms. The van der Waals surface area contributed by atoms with Crippen LogP contribution in [0.2, 0.25) is 0 Å². The zero-order valence-corrected chi connectivity index (χ0v) is 10.4. The summed E-state index contributed by atoms with van der Waals surface area (Å²) in [6.07, 6.45) is 4.31. The smallest absolute Gasteiger partial charge is 0.0708 e. The van der Waals surface area contributed by atoms with E-state index in [4.69, 9.17) is 0 Å². The van der Waals surface area contributed by atoms with Crippen LogP contribution in [0.4, 0.5) is 0 Å². The summed E-state index contributed by atoms with van der Waals surface area (Å²) in [6.45, 7) is 0. The highest BCUT2D eigenvalue weighted by atomic mass is 32.2. The van der Waals surface area contributed by atoms with E-state index >= 15 is 0 Å². The van der Waals surface area contributed by atoms with E-state index in [1.807, 2.05) is 43.0 Å². The SMILES string of the molecule is Cn1cc(CC(O)C2CSCCS2)cn1. The lowest BCUT2D eigenvalue weighted by Crippen LogP contribution is -2.30. The van der Waals surface area contributed by atoms with Crippen LogP contribution in [0.5, 0.6) is 0 Å². The number of aryl methyl sites for hydroxylation is 1. The van der Waals surface area contributed by atoms with Crippen LogP contribution in [0, 0.1) is 0 Å². The maximum atomic E-state index is 10.1. The minimum Gasteiger partial charge on any atom is -0.392 e. The average molecular weight is 244 g/mol. The number of aliphatic hydroxyl groups excluding tert-OH is 1. The fourth-order valence-electron chi connectivity index (χ4n) is 1.68. The average Bonchev–Trinajstić information content (AvgIpc) is 2.65. The van der Waals surface area contributed by atoms with Gasteiger partial charge in [-0.1, -0.05) is 0 Å². The van der Waals surface area contributed by atoms with E-state index in [1.54, 1.807) is 4.68 Å². The Morgan fingerprint density at radius 3 is 3.13 bits per heavy atom. The van der Waals surface area contributed by atoms with E-state index in [0.29, 0.717) is 5.25 Å². The highest BCUT2D eigenvalue weighted by Gasteiger charge is 2.23. The van der Waals surface area contributed by atoms with E-state index in [2.05, 4.69) is 5.10 Å². The molecule has 15 heavy (non-hydrogen) atoms. The molecule has 2 unspecified atom stereocenters. The minimum absolute atomic E-state index is 0.230. The summed E-state index contributed by atoms with van der Waals surface area (Å²) in [5.41, 5.74) is 1.13. The lowest BCUT2D eigenvalue weighted by atomic mass is 10.1. The van der Waals surface area contributed by atoms with Crippen molar-refractivity contribution in [3.63, 3.8) is 0 Å². The molecule has 0 bridgehead atoms. The van der Waals surface area contributed by atoms with Crippen molar-refractivity contribution >= 4 is 23.5 Å². The normalized spacial score (nSPS) is 24.0. The molecule has 0 spiro atoms. The third-order valence-corrected chi connectivity index (χ3v) is 5.38. The second-order valence-corrected chi connectivity index (χ2v) is 6.27. The Balaban J connectivity index is 1.88. The third kappa shape index (κ3) is 3.16. The summed E-state index contributed by atoms with van der Waals surface area (Å²) >= 11 is 3.84. The Morgan fingerprint density at radius 1 is 1.67 bits per heavy atom. The molecule has 1 aliphatic rings.